The normalized spacial score (nSPS) is 22.8. The third-order valence-electron chi connectivity index (χ3n) is 5.82. The molecule has 1 aliphatic heterocycles. The number of hydrogen-bond donors (Lipinski definition) is 7. The Hall–Kier alpha value is -3.00. The minimum atomic E-state index is -1.26. The SMILES string of the molecule is NCCCC(=O)NCC#CC[S@@+](CC[C@H](N)C(=O)O)C[C@H]1O[C@@H](n2cnc3c(N)ncnc32)[C@@H](O)C1O. The van der Waals surface area contributed by atoms with Crippen molar-refractivity contribution < 1.29 is 29.6 Å². The van der Waals surface area contributed by atoms with E-state index in [1.165, 1.54) is 17.2 Å². The van der Waals surface area contributed by atoms with Crippen LogP contribution in [0.5, 0.6) is 0 Å². The van der Waals surface area contributed by atoms with Gasteiger partial charge in [0.25, 0.3) is 0 Å². The molecule has 202 valence electrons. The summed E-state index contributed by atoms with van der Waals surface area (Å²) >= 11 is 0. The fourth-order valence-electron chi connectivity index (χ4n) is 3.73. The molecule has 0 spiro atoms. The summed E-state index contributed by atoms with van der Waals surface area (Å²) in [4.78, 5) is 35.1. The molecular weight excluding hydrogens is 504 g/mol. The molecule has 2 aromatic heterocycles. The van der Waals surface area contributed by atoms with Gasteiger partial charge >= 0.3 is 5.97 Å². The molecule has 1 aliphatic rings. The van der Waals surface area contributed by atoms with Crippen LogP contribution in [0, 0.1) is 11.8 Å². The first kappa shape index (κ1) is 28.6. The van der Waals surface area contributed by atoms with E-state index in [0.29, 0.717) is 47.8 Å². The number of imidazole rings is 1. The molecular formula is C22H33N8O6S+. The van der Waals surface area contributed by atoms with Crippen LogP contribution in [-0.4, -0.2) is 101 Å². The van der Waals surface area contributed by atoms with Crippen molar-refractivity contribution in [2.75, 3.05) is 36.1 Å². The van der Waals surface area contributed by atoms with Crippen LogP contribution in [0.2, 0.25) is 0 Å². The largest absolute Gasteiger partial charge is 0.480 e. The Balaban J connectivity index is 1.66. The maximum absolute atomic E-state index is 11.7. The third-order valence-corrected chi connectivity index (χ3v) is 7.98. The molecule has 3 rings (SSSR count). The van der Waals surface area contributed by atoms with Gasteiger partial charge in [0, 0.05) is 23.7 Å². The quantitative estimate of drug-likeness (QED) is 0.108. The van der Waals surface area contributed by atoms with Crippen molar-refractivity contribution in [2.45, 2.75) is 49.8 Å². The average Bonchev–Trinajstić information content (AvgIpc) is 3.42. The predicted octanol–water partition coefficient (Wildman–Crippen LogP) is -2.69. The number of carbonyl (C=O) groups excluding carboxylic acids is 1. The van der Waals surface area contributed by atoms with Crippen LogP contribution in [-0.2, 0) is 25.2 Å². The maximum atomic E-state index is 11.7. The molecule has 6 atom stereocenters. The predicted molar refractivity (Wildman–Crippen MR) is 137 cm³/mol. The highest BCUT2D eigenvalue weighted by Gasteiger charge is 2.47. The van der Waals surface area contributed by atoms with Crippen LogP contribution >= 0.6 is 0 Å². The average molecular weight is 538 g/mol. The highest BCUT2D eigenvalue weighted by Crippen LogP contribution is 2.33. The third kappa shape index (κ3) is 7.51. The van der Waals surface area contributed by atoms with E-state index in [0.717, 1.165) is 0 Å². The Morgan fingerprint density at radius 2 is 2.03 bits per heavy atom. The number of anilines is 1. The van der Waals surface area contributed by atoms with Crippen molar-refractivity contribution in [1.82, 2.24) is 24.8 Å². The van der Waals surface area contributed by atoms with Crippen molar-refractivity contribution in [3.8, 4) is 11.8 Å². The number of nitrogens with two attached hydrogens (primary N) is 3. The van der Waals surface area contributed by atoms with Gasteiger partial charge in [-0.3, -0.25) is 14.2 Å². The van der Waals surface area contributed by atoms with Crippen molar-refractivity contribution >= 4 is 39.8 Å². The van der Waals surface area contributed by atoms with Gasteiger partial charge in [-0.15, -0.1) is 0 Å². The number of aromatic nitrogens is 4. The van der Waals surface area contributed by atoms with Crippen LogP contribution in [0.1, 0.15) is 25.5 Å². The lowest BCUT2D eigenvalue weighted by molar-refractivity contribution is -0.138. The first-order valence-corrected chi connectivity index (χ1v) is 13.5. The minimum absolute atomic E-state index is 0.132. The maximum Gasteiger partial charge on any atom is 0.320 e. The number of nitrogen functional groups attached to an aromatic ring is 1. The van der Waals surface area contributed by atoms with Crippen LogP contribution in [0.25, 0.3) is 11.2 Å². The Morgan fingerprint density at radius 3 is 2.76 bits per heavy atom. The van der Waals surface area contributed by atoms with Gasteiger partial charge in [-0.1, -0.05) is 5.92 Å². The van der Waals surface area contributed by atoms with Crippen molar-refractivity contribution in [3.05, 3.63) is 12.7 Å². The molecule has 10 N–H and O–H groups in total. The molecule has 37 heavy (non-hydrogen) atoms. The zero-order valence-corrected chi connectivity index (χ0v) is 21.0. The summed E-state index contributed by atoms with van der Waals surface area (Å²) in [6.07, 6.45) is -0.350. The van der Waals surface area contributed by atoms with E-state index in [1.807, 2.05) is 0 Å². The second-order valence-corrected chi connectivity index (χ2v) is 10.8. The van der Waals surface area contributed by atoms with E-state index in [4.69, 9.17) is 27.0 Å². The van der Waals surface area contributed by atoms with Gasteiger partial charge in [0.15, 0.2) is 23.4 Å². The number of carboxylic acid groups (broad SMARTS) is 1. The molecule has 15 heteroatoms. The van der Waals surface area contributed by atoms with E-state index in [2.05, 4.69) is 32.1 Å². The molecule has 14 nitrogen and oxygen atoms in total. The van der Waals surface area contributed by atoms with Crippen molar-refractivity contribution in [1.29, 1.82) is 0 Å². The summed E-state index contributed by atoms with van der Waals surface area (Å²) < 4.78 is 7.52. The summed E-state index contributed by atoms with van der Waals surface area (Å²) in [5.74, 6) is 5.99. The zero-order chi connectivity index (χ0) is 26.9. The first-order valence-electron chi connectivity index (χ1n) is 11.7. The van der Waals surface area contributed by atoms with Gasteiger partial charge in [-0.05, 0) is 18.9 Å². The molecule has 1 amide bonds. The number of nitrogens with one attached hydrogen (secondary N) is 1. The van der Waals surface area contributed by atoms with Crippen molar-refractivity contribution in [2.24, 2.45) is 11.5 Å². The number of fused-ring (bicyclic) bond motifs is 1. The summed E-state index contributed by atoms with van der Waals surface area (Å²) in [5, 5.41) is 33.3. The summed E-state index contributed by atoms with van der Waals surface area (Å²) in [5.41, 5.74) is 17.6. The highest BCUT2D eigenvalue weighted by atomic mass is 32.2. The number of nitrogens with zero attached hydrogens (tertiary/aromatic N) is 4. The number of aliphatic hydroxyl groups is 2. The van der Waals surface area contributed by atoms with Gasteiger partial charge in [-0.2, -0.15) is 0 Å². The van der Waals surface area contributed by atoms with Crippen LogP contribution in [0.3, 0.4) is 0 Å². The zero-order valence-electron chi connectivity index (χ0n) is 20.2. The number of amides is 1. The molecule has 0 saturated carbocycles. The minimum Gasteiger partial charge on any atom is -0.480 e. The Morgan fingerprint density at radius 1 is 1.24 bits per heavy atom. The summed E-state index contributed by atoms with van der Waals surface area (Å²) in [7, 11) is -0.511. The monoisotopic (exact) mass is 537 g/mol. The lowest BCUT2D eigenvalue weighted by atomic mass is 10.1. The van der Waals surface area contributed by atoms with E-state index in [-0.39, 0.29) is 24.7 Å². The standard InChI is InChI=1S/C22H32N8O6S/c23-6-3-4-15(31)26-7-1-2-8-37(9-5-13(24)22(34)35)10-14-17(32)18(33)21(36-14)30-12-29-16-19(25)27-11-28-20(16)30/h11-14,17-18,21,32-33H,3-10,23-24H2,(H3-,25,26,27,28,31,34,35)/p+1/t13-,14+,17?,18-,21+,37-/m0/s1. The number of rotatable bonds is 12. The lowest BCUT2D eigenvalue weighted by Gasteiger charge is -2.16. The van der Waals surface area contributed by atoms with Gasteiger partial charge in [-0.25, -0.2) is 15.0 Å². The van der Waals surface area contributed by atoms with Gasteiger partial charge in [0.05, 0.1) is 12.9 Å². The molecule has 3 heterocycles. The Bertz CT molecular complexity index is 1140. The fourth-order valence-corrected chi connectivity index (χ4v) is 5.79. The highest BCUT2D eigenvalue weighted by molar-refractivity contribution is 7.97. The Kier molecular flexibility index (Phi) is 10.4. The number of ether oxygens (including phenoxy) is 1. The van der Waals surface area contributed by atoms with E-state index in [1.54, 1.807) is 0 Å². The fraction of sp³-hybridized carbons (Fsp3) is 0.591. The second kappa shape index (κ2) is 13.5. The van der Waals surface area contributed by atoms with Crippen molar-refractivity contribution in [3.63, 3.8) is 0 Å². The Labute approximate surface area is 216 Å². The van der Waals surface area contributed by atoms with Gasteiger partial charge < -0.3 is 42.6 Å². The number of carbonyl (C=O) groups is 2. The molecule has 0 radical (unpaired) electrons. The lowest BCUT2D eigenvalue weighted by Crippen LogP contribution is -2.38. The molecule has 1 unspecified atom stereocenters. The van der Waals surface area contributed by atoms with Crippen LogP contribution in [0.4, 0.5) is 5.82 Å². The molecule has 2 aromatic rings. The molecule has 1 saturated heterocycles. The van der Waals surface area contributed by atoms with Gasteiger partial charge in [0.2, 0.25) is 5.91 Å². The first-order chi connectivity index (χ1) is 17.7. The molecule has 0 bridgehead atoms. The topological polar surface area (TPSA) is 238 Å². The summed E-state index contributed by atoms with van der Waals surface area (Å²) in [6, 6.07) is -1.03. The smallest absolute Gasteiger partial charge is 0.320 e. The second-order valence-electron chi connectivity index (χ2n) is 8.51. The number of aliphatic hydroxyl groups excluding tert-OH is 2. The van der Waals surface area contributed by atoms with Crippen LogP contribution in [0.15, 0.2) is 12.7 Å². The number of carboxylic acids is 1. The van der Waals surface area contributed by atoms with E-state index < -0.39 is 47.4 Å². The van der Waals surface area contributed by atoms with E-state index >= 15 is 0 Å². The molecule has 1 fully saturated rings. The number of hydrogen-bond acceptors (Lipinski definition) is 11. The van der Waals surface area contributed by atoms with Crippen LogP contribution < -0.4 is 22.5 Å². The van der Waals surface area contributed by atoms with Gasteiger partial charge in [0.1, 0.15) is 47.7 Å². The molecule has 0 aromatic carbocycles. The molecule has 0 aliphatic carbocycles. The summed E-state index contributed by atoms with van der Waals surface area (Å²) in [6.45, 7) is 0.612. The number of aliphatic carboxylic acids is 1. The van der Waals surface area contributed by atoms with E-state index in [9.17, 15) is 19.8 Å².